The van der Waals surface area contributed by atoms with Crippen LogP contribution < -0.4 is 5.32 Å². The lowest BCUT2D eigenvalue weighted by Crippen LogP contribution is -2.11. The topological polar surface area (TPSA) is 37.8 Å². The number of benzene rings is 1. The maximum Gasteiger partial charge on any atom is 0.131 e. The van der Waals surface area contributed by atoms with E-state index in [4.69, 9.17) is 0 Å². The fourth-order valence-electron chi connectivity index (χ4n) is 1.82. The van der Waals surface area contributed by atoms with Crippen LogP contribution in [0.15, 0.2) is 18.2 Å². The van der Waals surface area contributed by atoms with Gasteiger partial charge >= 0.3 is 0 Å². The Morgan fingerprint density at radius 2 is 1.94 bits per heavy atom. The zero-order valence-corrected chi connectivity index (χ0v) is 12.0. The monoisotopic (exact) mass is 261 g/mol. The second-order valence-electron chi connectivity index (χ2n) is 4.48. The van der Waals surface area contributed by atoms with Crippen molar-refractivity contribution in [2.75, 3.05) is 6.54 Å². The maximum absolute atomic E-state index is 4.26. The molecule has 2 aromatic rings. The van der Waals surface area contributed by atoms with Crippen molar-refractivity contribution in [2.24, 2.45) is 0 Å². The molecule has 0 amide bonds. The van der Waals surface area contributed by atoms with Crippen LogP contribution in [0.2, 0.25) is 0 Å². The van der Waals surface area contributed by atoms with Crippen molar-refractivity contribution < 1.29 is 0 Å². The molecule has 0 aliphatic rings. The molecular weight excluding hydrogens is 242 g/mol. The van der Waals surface area contributed by atoms with Crippen LogP contribution in [0.25, 0.3) is 0 Å². The highest BCUT2D eigenvalue weighted by Gasteiger charge is 2.06. The summed E-state index contributed by atoms with van der Waals surface area (Å²) in [5.41, 5.74) is 3.97. The van der Waals surface area contributed by atoms with Gasteiger partial charge in [-0.1, -0.05) is 42.0 Å². The van der Waals surface area contributed by atoms with Gasteiger partial charge < -0.3 is 5.32 Å². The van der Waals surface area contributed by atoms with Crippen molar-refractivity contribution in [1.29, 1.82) is 0 Å². The lowest BCUT2D eigenvalue weighted by atomic mass is 10.0. The molecule has 18 heavy (non-hydrogen) atoms. The number of aromatic nitrogens is 2. The Labute approximate surface area is 112 Å². The summed E-state index contributed by atoms with van der Waals surface area (Å²) in [5, 5.41) is 13.9. The Bertz CT molecular complexity index is 520. The van der Waals surface area contributed by atoms with Gasteiger partial charge in [-0.2, -0.15) is 0 Å². The van der Waals surface area contributed by atoms with Gasteiger partial charge in [0.2, 0.25) is 0 Å². The molecule has 0 aliphatic heterocycles. The summed E-state index contributed by atoms with van der Waals surface area (Å²) in [6, 6.07) is 6.56. The van der Waals surface area contributed by atoms with Crippen LogP contribution in [-0.4, -0.2) is 16.7 Å². The quantitative estimate of drug-likeness (QED) is 0.899. The highest BCUT2D eigenvalue weighted by atomic mass is 32.1. The fraction of sp³-hybridized carbons (Fsp3) is 0.429. The van der Waals surface area contributed by atoms with Crippen LogP contribution in [0.4, 0.5) is 0 Å². The van der Waals surface area contributed by atoms with Gasteiger partial charge in [0.15, 0.2) is 0 Å². The van der Waals surface area contributed by atoms with Gasteiger partial charge in [0.25, 0.3) is 0 Å². The van der Waals surface area contributed by atoms with Gasteiger partial charge in [0.1, 0.15) is 10.0 Å². The van der Waals surface area contributed by atoms with E-state index in [0.29, 0.717) is 0 Å². The van der Waals surface area contributed by atoms with E-state index in [0.717, 1.165) is 29.5 Å². The van der Waals surface area contributed by atoms with Crippen molar-refractivity contribution in [1.82, 2.24) is 15.5 Å². The number of nitrogens with zero attached hydrogens (tertiary/aromatic N) is 2. The Hall–Kier alpha value is -1.26. The van der Waals surface area contributed by atoms with Gasteiger partial charge in [-0.3, -0.25) is 0 Å². The standard InChI is InChI=1S/C14H19N3S/c1-4-15-9-14-17-16-13(18-14)8-12-7-10(2)5-6-11(12)3/h5-7,15H,4,8-9H2,1-3H3. The number of aryl methyl sites for hydroxylation is 2. The normalized spacial score (nSPS) is 10.8. The zero-order valence-electron chi connectivity index (χ0n) is 11.2. The molecule has 1 heterocycles. The van der Waals surface area contributed by atoms with E-state index in [1.807, 2.05) is 0 Å². The minimum Gasteiger partial charge on any atom is -0.311 e. The Kier molecular flexibility index (Phi) is 4.44. The van der Waals surface area contributed by atoms with Crippen molar-refractivity contribution in [3.05, 3.63) is 44.9 Å². The molecule has 4 heteroatoms. The zero-order chi connectivity index (χ0) is 13.0. The van der Waals surface area contributed by atoms with E-state index in [9.17, 15) is 0 Å². The average molecular weight is 261 g/mol. The molecule has 1 aromatic heterocycles. The third kappa shape index (κ3) is 3.37. The first-order chi connectivity index (χ1) is 8.69. The largest absolute Gasteiger partial charge is 0.311 e. The molecule has 1 N–H and O–H groups in total. The predicted octanol–water partition coefficient (Wildman–Crippen LogP) is 2.86. The van der Waals surface area contributed by atoms with E-state index >= 15 is 0 Å². The first-order valence-corrected chi connectivity index (χ1v) is 7.08. The van der Waals surface area contributed by atoms with Gasteiger partial charge in [-0.15, -0.1) is 10.2 Å². The number of nitrogens with one attached hydrogen (secondary N) is 1. The molecule has 0 unspecified atom stereocenters. The van der Waals surface area contributed by atoms with Crippen LogP contribution in [0, 0.1) is 13.8 Å². The maximum atomic E-state index is 4.26. The van der Waals surface area contributed by atoms with E-state index in [-0.39, 0.29) is 0 Å². The molecule has 0 aliphatic carbocycles. The Morgan fingerprint density at radius 3 is 2.72 bits per heavy atom. The van der Waals surface area contributed by atoms with Gasteiger partial charge in [0, 0.05) is 13.0 Å². The lowest BCUT2D eigenvalue weighted by molar-refractivity contribution is 0.714. The smallest absolute Gasteiger partial charge is 0.131 e. The number of hydrogen-bond donors (Lipinski definition) is 1. The summed E-state index contributed by atoms with van der Waals surface area (Å²) in [4.78, 5) is 0. The summed E-state index contributed by atoms with van der Waals surface area (Å²) in [6.45, 7) is 8.15. The van der Waals surface area contributed by atoms with E-state index in [1.54, 1.807) is 11.3 Å². The summed E-state index contributed by atoms with van der Waals surface area (Å²) in [6.07, 6.45) is 0.886. The minimum absolute atomic E-state index is 0.820. The first-order valence-electron chi connectivity index (χ1n) is 6.27. The minimum atomic E-state index is 0.820. The second-order valence-corrected chi connectivity index (χ2v) is 5.62. The molecule has 0 bridgehead atoms. The molecule has 0 saturated carbocycles. The van der Waals surface area contributed by atoms with Crippen LogP contribution in [0.3, 0.4) is 0 Å². The van der Waals surface area contributed by atoms with Crippen LogP contribution in [0.1, 0.15) is 33.6 Å². The van der Waals surface area contributed by atoms with E-state index in [1.165, 1.54) is 16.7 Å². The van der Waals surface area contributed by atoms with E-state index < -0.39 is 0 Å². The highest BCUT2D eigenvalue weighted by molar-refractivity contribution is 7.11. The van der Waals surface area contributed by atoms with Crippen molar-refractivity contribution in [3.8, 4) is 0 Å². The van der Waals surface area contributed by atoms with Crippen LogP contribution in [0.5, 0.6) is 0 Å². The van der Waals surface area contributed by atoms with Crippen molar-refractivity contribution in [2.45, 2.75) is 33.7 Å². The van der Waals surface area contributed by atoms with Gasteiger partial charge in [0.05, 0.1) is 0 Å². The molecule has 2 rings (SSSR count). The van der Waals surface area contributed by atoms with Crippen molar-refractivity contribution in [3.63, 3.8) is 0 Å². The molecular formula is C14H19N3S. The summed E-state index contributed by atoms with van der Waals surface area (Å²) >= 11 is 1.70. The van der Waals surface area contributed by atoms with Crippen LogP contribution in [-0.2, 0) is 13.0 Å². The molecule has 0 fully saturated rings. The number of hydrogen-bond acceptors (Lipinski definition) is 4. The third-order valence-corrected chi connectivity index (χ3v) is 3.80. The molecule has 0 spiro atoms. The molecule has 0 radical (unpaired) electrons. The summed E-state index contributed by atoms with van der Waals surface area (Å²) in [5.74, 6) is 0. The first kappa shape index (κ1) is 13.2. The van der Waals surface area contributed by atoms with Crippen molar-refractivity contribution >= 4 is 11.3 Å². The molecule has 1 aromatic carbocycles. The Morgan fingerprint density at radius 1 is 1.17 bits per heavy atom. The number of rotatable bonds is 5. The molecule has 96 valence electrons. The van der Waals surface area contributed by atoms with Crippen LogP contribution >= 0.6 is 11.3 Å². The van der Waals surface area contributed by atoms with Gasteiger partial charge in [-0.25, -0.2) is 0 Å². The lowest BCUT2D eigenvalue weighted by Gasteiger charge is -2.04. The predicted molar refractivity (Wildman–Crippen MR) is 76.0 cm³/mol. The third-order valence-electron chi connectivity index (χ3n) is 2.88. The van der Waals surface area contributed by atoms with Gasteiger partial charge in [-0.05, 0) is 31.5 Å². The fourth-order valence-corrected chi connectivity index (χ4v) is 2.65. The highest BCUT2D eigenvalue weighted by Crippen LogP contribution is 2.18. The second kappa shape index (κ2) is 6.07. The Balaban J connectivity index is 2.08. The van der Waals surface area contributed by atoms with E-state index in [2.05, 4.69) is 54.5 Å². The molecule has 3 nitrogen and oxygen atoms in total. The summed E-state index contributed by atoms with van der Waals surface area (Å²) in [7, 11) is 0. The average Bonchev–Trinajstić information content (AvgIpc) is 2.79. The molecule has 0 saturated heterocycles. The SMILES string of the molecule is CCNCc1nnc(Cc2cc(C)ccc2C)s1. The molecule has 0 atom stereocenters. The summed E-state index contributed by atoms with van der Waals surface area (Å²) < 4.78 is 0.